The third kappa shape index (κ3) is 2.31. The topological polar surface area (TPSA) is 48.1 Å². The number of rotatable bonds is 3. The van der Waals surface area contributed by atoms with Crippen LogP contribution >= 0.6 is 0 Å². The summed E-state index contributed by atoms with van der Waals surface area (Å²) < 4.78 is 19.0. The Morgan fingerprint density at radius 3 is 2.73 bits per heavy atom. The minimum Gasteiger partial charge on any atom is -0.494 e. The first kappa shape index (κ1) is 14.5. The second-order valence-electron chi connectivity index (χ2n) is 5.17. The first-order chi connectivity index (χ1) is 10.7. The minimum absolute atomic E-state index is 0.232. The van der Waals surface area contributed by atoms with E-state index in [1.54, 1.807) is 12.3 Å². The first-order valence-corrected chi connectivity index (χ1v) is 7.07. The van der Waals surface area contributed by atoms with Gasteiger partial charge in [-0.25, -0.2) is 4.39 Å². The Kier molecular flexibility index (Phi) is 3.77. The molecule has 0 saturated carbocycles. The van der Waals surface area contributed by atoms with E-state index in [1.165, 1.54) is 13.2 Å². The molecule has 0 fully saturated rings. The largest absolute Gasteiger partial charge is 0.494 e. The summed E-state index contributed by atoms with van der Waals surface area (Å²) in [5.41, 5.74) is 9.42. The van der Waals surface area contributed by atoms with E-state index in [2.05, 4.69) is 4.98 Å². The van der Waals surface area contributed by atoms with Gasteiger partial charge in [0.2, 0.25) is 0 Å². The lowest BCUT2D eigenvalue weighted by atomic mass is 9.96. The zero-order chi connectivity index (χ0) is 15.7. The van der Waals surface area contributed by atoms with Crippen molar-refractivity contribution in [3.8, 4) is 16.9 Å². The second kappa shape index (κ2) is 5.73. The van der Waals surface area contributed by atoms with Gasteiger partial charge >= 0.3 is 0 Å². The van der Waals surface area contributed by atoms with Gasteiger partial charge in [0.05, 0.1) is 12.8 Å². The van der Waals surface area contributed by atoms with Crippen LogP contribution in [0.4, 0.5) is 4.39 Å². The molecule has 1 aromatic heterocycles. The third-order valence-corrected chi connectivity index (χ3v) is 3.86. The monoisotopic (exact) mass is 296 g/mol. The molecule has 3 aromatic rings. The lowest BCUT2D eigenvalue weighted by molar-refractivity contribution is 0.386. The summed E-state index contributed by atoms with van der Waals surface area (Å²) in [5.74, 6) is -0.153. The molecule has 0 amide bonds. The number of halogens is 1. The molecule has 0 radical (unpaired) electrons. The molecule has 2 aromatic carbocycles. The summed E-state index contributed by atoms with van der Waals surface area (Å²) in [6.45, 7) is 2.40. The van der Waals surface area contributed by atoms with Crippen molar-refractivity contribution in [2.75, 3.05) is 7.11 Å². The fraction of sp³-hybridized carbons (Fsp3) is 0.167. The highest BCUT2D eigenvalue weighted by molar-refractivity contribution is 5.99. The number of ether oxygens (including phenoxy) is 1. The smallest absolute Gasteiger partial charge is 0.165 e. The SMILES string of the molecule is COc1ccc(-c2cnc(CN)c3c(C)cccc23)cc1F. The Hall–Kier alpha value is -2.46. The van der Waals surface area contributed by atoms with E-state index >= 15 is 0 Å². The number of methoxy groups -OCH3 is 1. The maximum absolute atomic E-state index is 14.0. The Labute approximate surface area is 128 Å². The molecular weight excluding hydrogens is 279 g/mol. The van der Waals surface area contributed by atoms with Crippen molar-refractivity contribution >= 4 is 10.8 Å². The Morgan fingerprint density at radius 1 is 1.23 bits per heavy atom. The van der Waals surface area contributed by atoms with Crippen molar-refractivity contribution in [2.24, 2.45) is 5.73 Å². The van der Waals surface area contributed by atoms with Crippen LogP contribution in [0.5, 0.6) is 5.75 Å². The van der Waals surface area contributed by atoms with Crippen molar-refractivity contribution in [1.29, 1.82) is 0 Å². The quantitative estimate of drug-likeness (QED) is 0.799. The molecule has 0 atom stereocenters. The highest BCUT2D eigenvalue weighted by atomic mass is 19.1. The van der Waals surface area contributed by atoms with E-state index in [-0.39, 0.29) is 11.6 Å². The fourth-order valence-corrected chi connectivity index (χ4v) is 2.77. The molecule has 0 aliphatic heterocycles. The van der Waals surface area contributed by atoms with E-state index in [0.717, 1.165) is 33.2 Å². The number of hydrogen-bond acceptors (Lipinski definition) is 3. The van der Waals surface area contributed by atoms with Gasteiger partial charge < -0.3 is 10.5 Å². The van der Waals surface area contributed by atoms with Crippen LogP contribution in [0.25, 0.3) is 21.9 Å². The third-order valence-electron chi connectivity index (χ3n) is 3.86. The van der Waals surface area contributed by atoms with Crippen LogP contribution in [-0.4, -0.2) is 12.1 Å². The summed E-state index contributed by atoms with van der Waals surface area (Å²) in [6, 6.07) is 11.0. The van der Waals surface area contributed by atoms with Gasteiger partial charge in [-0.3, -0.25) is 4.98 Å². The van der Waals surface area contributed by atoms with Gasteiger partial charge in [-0.15, -0.1) is 0 Å². The normalized spacial score (nSPS) is 10.9. The van der Waals surface area contributed by atoms with Crippen molar-refractivity contribution in [3.05, 3.63) is 59.7 Å². The molecule has 0 aliphatic carbocycles. The van der Waals surface area contributed by atoms with Crippen LogP contribution in [0.3, 0.4) is 0 Å². The lowest BCUT2D eigenvalue weighted by Gasteiger charge is -2.12. The second-order valence-corrected chi connectivity index (χ2v) is 5.17. The number of pyridine rings is 1. The number of nitrogens with two attached hydrogens (primary N) is 1. The average molecular weight is 296 g/mol. The number of benzene rings is 2. The molecule has 0 spiro atoms. The molecule has 0 bridgehead atoms. The standard InChI is InChI=1S/C18H17FN2O/c1-11-4-3-5-13-14(10-21-16(9-20)18(11)13)12-6-7-17(22-2)15(19)8-12/h3-8,10H,9,20H2,1-2H3. The molecule has 0 saturated heterocycles. The zero-order valence-corrected chi connectivity index (χ0v) is 12.6. The first-order valence-electron chi connectivity index (χ1n) is 7.07. The molecule has 4 heteroatoms. The molecule has 2 N–H and O–H groups in total. The van der Waals surface area contributed by atoms with Gasteiger partial charge in [-0.2, -0.15) is 0 Å². The summed E-state index contributed by atoms with van der Waals surface area (Å²) in [5, 5.41) is 2.07. The number of aromatic nitrogens is 1. The van der Waals surface area contributed by atoms with Gasteiger partial charge in [0.15, 0.2) is 11.6 Å². The average Bonchev–Trinajstić information content (AvgIpc) is 2.54. The van der Waals surface area contributed by atoms with Gasteiger partial charge in [0.25, 0.3) is 0 Å². The molecule has 3 nitrogen and oxygen atoms in total. The predicted octanol–water partition coefficient (Wildman–Crippen LogP) is 3.82. The summed E-state index contributed by atoms with van der Waals surface area (Å²) in [6.07, 6.45) is 1.76. The van der Waals surface area contributed by atoms with Crippen molar-refractivity contribution in [2.45, 2.75) is 13.5 Å². The van der Waals surface area contributed by atoms with Crippen LogP contribution < -0.4 is 10.5 Å². The number of aryl methyl sites for hydroxylation is 1. The van der Waals surface area contributed by atoms with Gasteiger partial charge in [0, 0.05) is 23.7 Å². The van der Waals surface area contributed by atoms with Gasteiger partial charge in [-0.1, -0.05) is 24.3 Å². The summed E-state index contributed by atoms with van der Waals surface area (Å²) in [4.78, 5) is 4.46. The number of hydrogen-bond donors (Lipinski definition) is 1. The van der Waals surface area contributed by atoms with E-state index < -0.39 is 0 Å². The maximum atomic E-state index is 14.0. The molecule has 112 valence electrons. The molecular formula is C18H17FN2O. The number of nitrogens with zero attached hydrogens (tertiary/aromatic N) is 1. The molecule has 22 heavy (non-hydrogen) atoms. The zero-order valence-electron chi connectivity index (χ0n) is 12.6. The molecule has 1 heterocycles. The van der Waals surface area contributed by atoms with Crippen molar-refractivity contribution < 1.29 is 9.13 Å². The minimum atomic E-state index is -0.385. The van der Waals surface area contributed by atoms with Crippen LogP contribution in [0.2, 0.25) is 0 Å². The van der Waals surface area contributed by atoms with Crippen LogP contribution in [0.15, 0.2) is 42.6 Å². The lowest BCUT2D eigenvalue weighted by Crippen LogP contribution is -2.02. The highest BCUT2D eigenvalue weighted by Crippen LogP contribution is 2.33. The fourth-order valence-electron chi connectivity index (χ4n) is 2.77. The van der Waals surface area contributed by atoms with Crippen LogP contribution in [-0.2, 0) is 6.54 Å². The Morgan fingerprint density at radius 2 is 2.05 bits per heavy atom. The highest BCUT2D eigenvalue weighted by Gasteiger charge is 2.12. The van der Waals surface area contributed by atoms with E-state index in [0.29, 0.717) is 6.54 Å². The van der Waals surface area contributed by atoms with Crippen molar-refractivity contribution in [1.82, 2.24) is 4.98 Å². The van der Waals surface area contributed by atoms with Crippen LogP contribution in [0.1, 0.15) is 11.3 Å². The Balaban J connectivity index is 2.28. The van der Waals surface area contributed by atoms with E-state index in [1.807, 2.05) is 31.2 Å². The summed E-state index contributed by atoms with van der Waals surface area (Å²) >= 11 is 0. The maximum Gasteiger partial charge on any atom is 0.165 e. The van der Waals surface area contributed by atoms with E-state index in [4.69, 9.17) is 10.5 Å². The molecule has 0 aliphatic rings. The summed E-state index contributed by atoms with van der Waals surface area (Å²) in [7, 11) is 1.45. The van der Waals surface area contributed by atoms with E-state index in [9.17, 15) is 4.39 Å². The molecule has 3 rings (SSSR count). The van der Waals surface area contributed by atoms with Crippen molar-refractivity contribution in [3.63, 3.8) is 0 Å². The predicted molar refractivity (Wildman–Crippen MR) is 86.3 cm³/mol. The number of fused-ring (bicyclic) bond motifs is 1. The van der Waals surface area contributed by atoms with Crippen LogP contribution in [0, 0.1) is 12.7 Å². The van der Waals surface area contributed by atoms with Gasteiger partial charge in [-0.05, 0) is 35.6 Å². The molecule has 0 unspecified atom stereocenters. The Bertz CT molecular complexity index is 846. The van der Waals surface area contributed by atoms with Gasteiger partial charge in [0.1, 0.15) is 0 Å².